The third-order valence-corrected chi connectivity index (χ3v) is 6.68. The third kappa shape index (κ3) is 9.76. The Kier molecular flexibility index (Phi) is 10.6. The first kappa shape index (κ1) is 24.2. The highest BCUT2D eigenvalue weighted by molar-refractivity contribution is 8.00. The molecule has 0 aliphatic heterocycles. The molecular formula is C25H38S2. The zero-order chi connectivity index (χ0) is 20.4. The number of hydrogen-bond acceptors (Lipinski definition) is 2. The Bertz CT molecular complexity index is 686. The van der Waals surface area contributed by atoms with Crippen molar-refractivity contribution < 1.29 is 0 Å². The fraction of sp³-hybridized carbons (Fsp3) is 0.520. The molecule has 0 heterocycles. The summed E-state index contributed by atoms with van der Waals surface area (Å²) in [5.41, 5.74) is 7.05. The Balaban J connectivity index is 2.45. The number of hydrogen-bond donors (Lipinski definition) is 1. The summed E-state index contributed by atoms with van der Waals surface area (Å²) in [6.45, 7) is 15.6. The topological polar surface area (TPSA) is 0 Å². The van der Waals surface area contributed by atoms with Crippen molar-refractivity contribution >= 4 is 24.4 Å². The van der Waals surface area contributed by atoms with Gasteiger partial charge in [-0.05, 0) is 91.3 Å². The number of rotatable bonds is 10. The molecule has 1 aromatic carbocycles. The van der Waals surface area contributed by atoms with Gasteiger partial charge in [0.25, 0.3) is 0 Å². The van der Waals surface area contributed by atoms with Crippen molar-refractivity contribution in [2.75, 3.05) is 5.75 Å². The van der Waals surface area contributed by atoms with Crippen molar-refractivity contribution in [3.8, 4) is 0 Å². The molecule has 0 fully saturated rings. The first-order valence-electron chi connectivity index (χ1n) is 10.0. The summed E-state index contributed by atoms with van der Waals surface area (Å²) in [6.07, 6.45) is 11.8. The Morgan fingerprint density at radius 1 is 0.963 bits per heavy atom. The van der Waals surface area contributed by atoms with Gasteiger partial charge in [0.1, 0.15) is 0 Å². The van der Waals surface area contributed by atoms with E-state index in [1.165, 1.54) is 40.7 Å². The highest BCUT2D eigenvalue weighted by Crippen LogP contribution is 2.37. The molecule has 0 saturated carbocycles. The molecule has 0 amide bonds. The maximum absolute atomic E-state index is 4.49. The first-order valence-corrected chi connectivity index (χ1v) is 11.4. The lowest BCUT2D eigenvalue weighted by Crippen LogP contribution is -2.12. The van der Waals surface area contributed by atoms with Crippen LogP contribution in [0.25, 0.3) is 0 Å². The normalized spacial score (nSPS) is 13.0. The van der Waals surface area contributed by atoms with Gasteiger partial charge in [-0.1, -0.05) is 47.1 Å². The van der Waals surface area contributed by atoms with E-state index < -0.39 is 0 Å². The summed E-state index contributed by atoms with van der Waals surface area (Å²) in [7, 11) is 0. The predicted molar refractivity (Wildman–Crippen MR) is 129 cm³/mol. The second kappa shape index (κ2) is 11.9. The average Bonchev–Trinajstić information content (AvgIpc) is 2.56. The second-order valence-corrected chi connectivity index (χ2v) is 10.4. The largest absolute Gasteiger partial charge is 0.147 e. The molecule has 0 aliphatic carbocycles. The van der Waals surface area contributed by atoms with Crippen LogP contribution in [0, 0.1) is 6.92 Å². The summed E-state index contributed by atoms with van der Waals surface area (Å²) in [4.78, 5) is 1.07. The lowest BCUT2D eigenvalue weighted by Gasteiger charge is -2.25. The Labute approximate surface area is 178 Å². The summed E-state index contributed by atoms with van der Waals surface area (Å²) >= 11 is 6.49. The molecule has 0 bridgehead atoms. The monoisotopic (exact) mass is 402 g/mol. The van der Waals surface area contributed by atoms with Crippen LogP contribution in [-0.2, 0) is 4.75 Å². The van der Waals surface area contributed by atoms with E-state index >= 15 is 0 Å². The number of allylic oxidation sites excluding steroid dienone is 5. The van der Waals surface area contributed by atoms with Gasteiger partial charge < -0.3 is 0 Å². The van der Waals surface area contributed by atoms with E-state index in [4.69, 9.17) is 0 Å². The number of thioether (sulfide) groups is 1. The highest BCUT2D eigenvalue weighted by Gasteiger charge is 2.20. The number of thiol groups is 1. The minimum atomic E-state index is 0.116. The molecule has 2 heteroatoms. The summed E-state index contributed by atoms with van der Waals surface area (Å²) in [5.74, 6) is 1.06. The maximum Gasteiger partial charge on any atom is 0.0355 e. The molecule has 0 aromatic heterocycles. The van der Waals surface area contributed by atoms with Gasteiger partial charge >= 0.3 is 0 Å². The Hall–Kier alpha value is -0.860. The number of aryl methyl sites for hydroxylation is 1. The third-order valence-electron chi connectivity index (χ3n) is 4.89. The highest BCUT2D eigenvalue weighted by atomic mass is 32.2. The van der Waals surface area contributed by atoms with E-state index in [0.29, 0.717) is 0 Å². The maximum atomic E-state index is 4.49. The van der Waals surface area contributed by atoms with Gasteiger partial charge in [0.2, 0.25) is 0 Å². The van der Waals surface area contributed by atoms with E-state index in [-0.39, 0.29) is 4.75 Å². The van der Waals surface area contributed by atoms with E-state index in [1.807, 2.05) is 11.8 Å². The minimum Gasteiger partial charge on any atom is -0.147 e. The molecular weight excluding hydrogens is 364 g/mol. The van der Waals surface area contributed by atoms with Crippen molar-refractivity contribution in [1.29, 1.82) is 0 Å². The molecule has 0 spiro atoms. The molecule has 1 aromatic rings. The first-order chi connectivity index (χ1) is 12.6. The van der Waals surface area contributed by atoms with Crippen LogP contribution >= 0.6 is 24.4 Å². The van der Waals surface area contributed by atoms with Crippen LogP contribution in [-0.4, -0.2) is 5.75 Å². The van der Waals surface area contributed by atoms with Crippen LogP contribution in [0.2, 0.25) is 0 Å². The van der Waals surface area contributed by atoms with Crippen LogP contribution in [0.3, 0.4) is 0 Å². The minimum absolute atomic E-state index is 0.116. The van der Waals surface area contributed by atoms with Crippen LogP contribution in [0.1, 0.15) is 78.4 Å². The fourth-order valence-electron chi connectivity index (χ4n) is 2.84. The smallest absolute Gasteiger partial charge is 0.0355 e. The standard InChI is InChI=1S/C25H38S2/c1-19(2)10-8-11-20(3)12-9-13-21(4)16-17-27-25(6,7)23-14-15-24(26)22(5)18-23/h10,12,14-16,18,26H,8-9,11,13,17H2,1-7H3. The van der Waals surface area contributed by atoms with Crippen LogP contribution < -0.4 is 0 Å². The van der Waals surface area contributed by atoms with Crippen LogP contribution in [0.15, 0.2) is 58.0 Å². The van der Waals surface area contributed by atoms with Crippen molar-refractivity contribution in [2.45, 2.75) is 83.8 Å². The molecule has 150 valence electrons. The van der Waals surface area contributed by atoms with Gasteiger partial charge in [0.15, 0.2) is 0 Å². The molecule has 0 radical (unpaired) electrons. The average molecular weight is 403 g/mol. The quantitative estimate of drug-likeness (QED) is 0.302. The fourth-order valence-corrected chi connectivity index (χ4v) is 4.06. The molecule has 27 heavy (non-hydrogen) atoms. The molecule has 0 saturated heterocycles. The van der Waals surface area contributed by atoms with Crippen molar-refractivity contribution in [3.05, 3.63) is 64.3 Å². The van der Waals surface area contributed by atoms with Gasteiger partial charge in [-0.25, -0.2) is 0 Å². The van der Waals surface area contributed by atoms with Gasteiger partial charge in [0.05, 0.1) is 0 Å². The second-order valence-electron chi connectivity index (χ2n) is 8.28. The molecule has 1 rings (SSSR count). The number of benzene rings is 1. The van der Waals surface area contributed by atoms with E-state index in [2.05, 4.69) is 97.5 Å². The lowest BCUT2D eigenvalue weighted by molar-refractivity contribution is 0.780. The summed E-state index contributed by atoms with van der Waals surface area (Å²) < 4.78 is 0.116. The molecule has 0 nitrogen and oxygen atoms in total. The van der Waals surface area contributed by atoms with Crippen LogP contribution in [0.4, 0.5) is 0 Å². The molecule has 0 atom stereocenters. The lowest BCUT2D eigenvalue weighted by atomic mass is 10.0. The molecule has 0 N–H and O–H groups in total. The zero-order valence-electron chi connectivity index (χ0n) is 18.4. The van der Waals surface area contributed by atoms with Gasteiger partial charge in [-0.3, -0.25) is 0 Å². The predicted octanol–water partition coefficient (Wildman–Crippen LogP) is 8.67. The van der Waals surface area contributed by atoms with Gasteiger partial charge in [0, 0.05) is 15.4 Å². The molecule has 0 unspecified atom stereocenters. The zero-order valence-corrected chi connectivity index (χ0v) is 20.1. The summed E-state index contributed by atoms with van der Waals surface area (Å²) in [5, 5.41) is 0. The van der Waals surface area contributed by atoms with E-state index in [9.17, 15) is 0 Å². The molecule has 0 aliphatic rings. The SMILES string of the molecule is CC(C)=CCCC(C)=CCCC(C)=CCSC(C)(C)c1ccc(S)c(C)c1. The summed E-state index contributed by atoms with van der Waals surface area (Å²) in [6, 6.07) is 6.60. The van der Waals surface area contributed by atoms with E-state index in [0.717, 1.165) is 23.5 Å². The van der Waals surface area contributed by atoms with Crippen molar-refractivity contribution in [1.82, 2.24) is 0 Å². The Morgan fingerprint density at radius 3 is 2.15 bits per heavy atom. The van der Waals surface area contributed by atoms with E-state index in [1.54, 1.807) is 0 Å². The Morgan fingerprint density at radius 2 is 1.56 bits per heavy atom. The van der Waals surface area contributed by atoms with Gasteiger partial charge in [-0.15, -0.1) is 24.4 Å². The van der Waals surface area contributed by atoms with Crippen molar-refractivity contribution in [3.63, 3.8) is 0 Å². The van der Waals surface area contributed by atoms with Crippen LogP contribution in [0.5, 0.6) is 0 Å². The van der Waals surface area contributed by atoms with Crippen molar-refractivity contribution in [2.24, 2.45) is 0 Å². The van der Waals surface area contributed by atoms with Gasteiger partial charge in [-0.2, -0.15) is 0 Å².